The molecule has 0 aromatic heterocycles. The summed E-state index contributed by atoms with van der Waals surface area (Å²) >= 11 is 0. The fourth-order valence-electron chi connectivity index (χ4n) is 4.38. The van der Waals surface area contributed by atoms with Crippen LogP contribution in [0.3, 0.4) is 0 Å². The Hall–Kier alpha value is -0.540. The molecule has 0 radical (unpaired) electrons. The van der Waals surface area contributed by atoms with Gasteiger partial charge >= 0.3 is 0 Å². The van der Waals surface area contributed by atoms with Crippen molar-refractivity contribution in [2.75, 3.05) is 26.7 Å². The average Bonchev–Trinajstić information content (AvgIpc) is 2.82. The number of nitrogens with two attached hydrogens (primary N) is 1. The van der Waals surface area contributed by atoms with E-state index in [1.165, 1.54) is 89.9 Å². The lowest BCUT2D eigenvalue weighted by molar-refractivity contribution is -0.937. The highest BCUT2D eigenvalue weighted by Crippen LogP contribution is 2.16. The van der Waals surface area contributed by atoms with E-state index < -0.39 is 10.4 Å². The minimum Gasteiger partial charge on any atom is -0.726 e. The molecule has 0 aromatic rings. The monoisotopic (exact) mass is 508 g/mol. The average molecular weight is 509 g/mol. The number of carbonyl (C=O) groups is 1. The second kappa shape index (κ2) is 22.9. The van der Waals surface area contributed by atoms with E-state index in [0.717, 1.165) is 37.6 Å². The van der Waals surface area contributed by atoms with E-state index in [-0.39, 0.29) is 11.9 Å². The number of Topliss-reactive ketones (excluding diaryl/α,β-unsaturated/α-hetero) is 1. The summed E-state index contributed by atoms with van der Waals surface area (Å²) in [6.45, 7) is 11.6. The lowest BCUT2D eigenvalue weighted by Crippen LogP contribution is -2.62. The number of hydrogen-bond donors (Lipinski definition) is 1. The number of ketones is 1. The number of nitrogens with zero attached hydrogens (tertiary/aromatic N) is 1. The molecule has 0 aliphatic rings. The Morgan fingerprint density at radius 2 is 1.03 bits per heavy atom. The summed E-state index contributed by atoms with van der Waals surface area (Å²) in [7, 11) is -3.60. The lowest BCUT2D eigenvalue weighted by Gasteiger charge is -2.40. The molecule has 34 heavy (non-hydrogen) atoms. The molecular weight excluding hydrogens is 452 g/mol. The third-order valence-corrected chi connectivity index (χ3v) is 7.45. The second-order valence-corrected chi connectivity index (χ2v) is 10.5. The van der Waals surface area contributed by atoms with Crippen molar-refractivity contribution < 1.29 is 26.4 Å². The summed E-state index contributed by atoms with van der Waals surface area (Å²) in [6.07, 6.45) is 20.7. The molecule has 0 fully saturated rings. The van der Waals surface area contributed by atoms with Crippen molar-refractivity contribution in [3.05, 3.63) is 0 Å². The van der Waals surface area contributed by atoms with Crippen LogP contribution in [0.1, 0.15) is 130 Å². The Kier molecular flexibility index (Phi) is 24.0. The molecule has 0 amide bonds. The molecular formula is C26H56N2O5S. The van der Waals surface area contributed by atoms with Crippen LogP contribution in [-0.4, -0.2) is 56.1 Å². The van der Waals surface area contributed by atoms with Crippen LogP contribution in [0.15, 0.2) is 0 Å². The van der Waals surface area contributed by atoms with E-state index in [2.05, 4.69) is 31.9 Å². The van der Waals surface area contributed by atoms with Crippen molar-refractivity contribution in [1.29, 1.82) is 0 Å². The number of unbranched alkanes of at least 4 members (excludes halogenated alkanes) is 14. The first kappa shape index (κ1) is 35.6. The third kappa shape index (κ3) is 19.7. The van der Waals surface area contributed by atoms with Crippen LogP contribution in [0.25, 0.3) is 0 Å². The summed E-state index contributed by atoms with van der Waals surface area (Å²) in [5, 5.41) is 0. The Labute approximate surface area is 211 Å². The molecule has 2 N–H and O–H groups in total. The Bertz CT molecular complexity index is 557. The fraction of sp³-hybridized carbons (Fsp3) is 0.962. The first-order valence-corrected chi connectivity index (χ1v) is 15.1. The SMILES string of the molecule is CCCCCCCCCCCCCCCCCC(=O)C(N)[N+](CC)(CC)CC.COS(=O)(=O)[O-]. The first-order chi connectivity index (χ1) is 16.1. The molecule has 206 valence electrons. The Balaban J connectivity index is 0. The highest BCUT2D eigenvalue weighted by Gasteiger charge is 2.34. The summed E-state index contributed by atoms with van der Waals surface area (Å²) in [5.41, 5.74) is 6.31. The quantitative estimate of drug-likeness (QED) is 0.0624. The predicted molar refractivity (Wildman–Crippen MR) is 141 cm³/mol. The first-order valence-electron chi connectivity index (χ1n) is 13.8. The van der Waals surface area contributed by atoms with E-state index in [0.29, 0.717) is 6.42 Å². The lowest BCUT2D eigenvalue weighted by atomic mass is 10.0. The van der Waals surface area contributed by atoms with E-state index in [1.807, 2.05) is 0 Å². The molecule has 0 heterocycles. The molecule has 0 aliphatic heterocycles. The van der Waals surface area contributed by atoms with Crippen LogP contribution in [0.4, 0.5) is 0 Å². The van der Waals surface area contributed by atoms with Crippen molar-refractivity contribution >= 4 is 16.2 Å². The van der Waals surface area contributed by atoms with Crippen LogP contribution in [0.2, 0.25) is 0 Å². The number of carbonyl (C=O) groups excluding carboxylic acids is 1. The Morgan fingerprint density at radius 1 is 0.735 bits per heavy atom. The molecule has 1 atom stereocenters. The Morgan fingerprint density at radius 3 is 1.29 bits per heavy atom. The molecule has 0 aliphatic carbocycles. The van der Waals surface area contributed by atoms with Crippen molar-refractivity contribution in [2.45, 2.75) is 137 Å². The minimum atomic E-state index is -4.41. The molecule has 7 nitrogen and oxygen atoms in total. The van der Waals surface area contributed by atoms with E-state index in [4.69, 9.17) is 5.73 Å². The molecule has 1 unspecified atom stereocenters. The zero-order valence-corrected chi connectivity index (χ0v) is 23.8. The van der Waals surface area contributed by atoms with Gasteiger partial charge in [-0.3, -0.25) is 14.7 Å². The molecule has 0 saturated heterocycles. The summed E-state index contributed by atoms with van der Waals surface area (Å²) < 4.78 is 31.8. The maximum atomic E-state index is 12.5. The zero-order chi connectivity index (χ0) is 26.3. The number of hydrogen-bond acceptors (Lipinski definition) is 6. The van der Waals surface area contributed by atoms with Crippen LogP contribution in [0.5, 0.6) is 0 Å². The maximum Gasteiger partial charge on any atom is 0.217 e. The molecule has 0 saturated carbocycles. The normalized spacial score (nSPS) is 12.8. The van der Waals surface area contributed by atoms with Gasteiger partial charge in [-0.15, -0.1) is 0 Å². The molecule has 0 aromatic carbocycles. The molecule has 0 spiro atoms. The van der Waals surface area contributed by atoms with Crippen LogP contribution in [0, 0.1) is 0 Å². The number of quaternary nitrogens is 1. The maximum absolute atomic E-state index is 12.5. The summed E-state index contributed by atoms with van der Waals surface area (Å²) in [6, 6.07) is 0. The van der Waals surface area contributed by atoms with Gasteiger partial charge in [-0.2, -0.15) is 0 Å². The summed E-state index contributed by atoms with van der Waals surface area (Å²) in [4.78, 5) is 12.5. The van der Waals surface area contributed by atoms with Crippen LogP contribution < -0.4 is 5.73 Å². The molecule has 8 heteroatoms. The van der Waals surface area contributed by atoms with Gasteiger partial charge in [0.25, 0.3) is 0 Å². The van der Waals surface area contributed by atoms with Gasteiger partial charge in [-0.1, -0.05) is 96.8 Å². The highest BCUT2D eigenvalue weighted by molar-refractivity contribution is 7.80. The summed E-state index contributed by atoms with van der Waals surface area (Å²) in [5.74, 6) is 0.264. The van der Waals surface area contributed by atoms with Gasteiger partial charge in [0, 0.05) is 6.42 Å². The van der Waals surface area contributed by atoms with Crippen molar-refractivity contribution in [1.82, 2.24) is 0 Å². The van der Waals surface area contributed by atoms with Gasteiger partial charge < -0.3 is 9.04 Å². The minimum absolute atomic E-state index is 0.264. The van der Waals surface area contributed by atoms with Gasteiger partial charge in [-0.25, -0.2) is 8.42 Å². The van der Waals surface area contributed by atoms with Crippen LogP contribution >= 0.6 is 0 Å². The van der Waals surface area contributed by atoms with Crippen molar-refractivity contribution in [3.8, 4) is 0 Å². The standard InChI is InChI=1S/C25H53N2O.CH4O4S/c1-5-9-10-11-12-13-14-15-16-17-18-19-20-21-22-23-24(28)25(26)27(6-2,7-3)8-4;1-5-6(2,3)4/h25H,5-23,26H2,1-4H3;1H3,(H,2,3,4)/q+1;/p-1. The predicted octanol–water partition coefficient (Wildman–Crippen LogP) is 6.07. The van der Waals surface area contributed by atoms with Crippen LogP contribution in [-0.2, 0) is 19.4 Å². The topological polar surface area (TPSA) is 110 Å². The zero-order valence-electron chi connectivity index (χ0n) is 23.0. The van der Waals surface area contributed by atoms with Gasteiger partial charge in [0.2, 0.25) is 22.3 Å². The number of rotatable bonds is 22. The largest absolute Gasteiger partial charge is 0.726 e. The van der Waals surface area contributed by atoms with Crippen molar-refractivity contribution in [3.63, 3.8) is 0 Å². The van der Waals surface area contributed by atoms with E-state index in [9.17, 15) is 17.8 Å². The smallest absolute Gasteiger partial charge is 0.217 e. The van der Waals surface area contributed by atoms with Gasteiger partial charge in [0.15, 0.2) is 0 Å². The van der Waals surface area contributed by atoms with Crippen molar-refractivity contribution in [2.24, 2.45) is 5.73 Å². The van der Waals surface area contributed by atoms with E-state index in [1.54, 1.807) is 0 Å². The van der Waals surface area contributed by atoms with Gasteiger partial charge in [-0.05, 0) is 27.2 Å². The third-order valence-electron chi connectivity index (χ3n) is 7.04. The molecule has 0 rings (SSSR count). The van der Waals surface area contributed by atoms with Gasteiger partial charge in [0.05, 0.1) is 26.7 Å². The highest BCUT2D eigenvalue weighted by atomic mass is 32.3. The molecule has 0 bridgehead atoms. The van der Waals surface area contributed by atoms with E-state index >= 15 is 0 Å². The van der Waals surface area contributed by atoms with Gasteiger partial charge in [0.1, 0.15) is 0 Å². The second-order valence-electron chi connectivity index (χ2n) is 9.35. The number of likely N-dealkylation sites (N-methyl/N-ethyl adjacent to an activating group) is 1. The fourth-order valence-corrected chi connectivity index (χ4v) is 4.38.